The van der Waals surface area contributed by atoms with Gasteiger partial charge < -0.3 is 5.32 Å². The Balaban J connectivity index is 2.11. The van der Waals surface area contributed by atoms with Crippen molar-refractivity contribution in [1.29, 1.82) is 0 Å². The summed E-state index contributed by atoms with van der Waals surface area (Å²) in [6.07, 6.45) is 4.75. The van der Waals surface area contributed by atoms with Crippen molar-refractivity contribution in [2.24, 2.45) is 0 Å². The molecule has 0 bridgehead atoms. The first-order valence-corrected chi connectivity index (χ1v) is 7.00. The second-order valence-electron chi connectivity index (χ2n) is 5.28. The van der Waals surface area contributed by atoms with Crippen molar-refractivity contribution in [2.75, 3.05) is 6.54 Å². The number of benzene rings is 1. The van der Waals surface area contributed by atoms with E-state index in [4.69, 9.17) is 0 Å². The molecule has 0 aromatic heterocycles. The van der Waals surface area contributed by atoms with Gasteiger partial charge in [-0.25, -0.2) is 13.2 Å². The van der Waals surface area contributed by atoms with Crippen LogP contribution in [-0.2, 0) is 0 Å². The number of nitrogens with one attached hydrogen (secondary N) is 1. The van der Waals surface area contributed by atoms with Crippen LogP contribution < -0.4 is 5.32 Å². The van der Waals surface area contributed by atoms with Gasteiger partial charge in [-0.1, -0.05) is 19.4 Å². The second-order valence-corrected chi connectivity index (χ2v) is 5.28. The van der Waals surface area contributed by atoms with E-state index < -0.39 is 17.5 Å². The van der Waals surface area contributed by atoms with E-state index in [1.807, 2.05) is 0 Å². The minimum atomic E-state index is -1.35. The van der Waals surface area contributed by atoms with Gasteiger partial charge in [0.05, 0.1) is 0 Å². The van der Waals surface area contributed by atoms with Gasteiger partial charge in [0.2, 0.25) is 0 Å². The lowest BCUT2D eigenvalue weighted by Crippen LogP contribution is -2.34. The standard InChI is InChI=1S/C15H20F3N/c1-2-8-19-11-5-3-4-10(9-11)12-6-7-13(16)15(18)14(12)17/h6-7,10-11,19H,2-5,8-9H2,1H3. The fourth-order valence-electron chi connectivity index (χ4n) is 2.86. The van der Waals surface area contributed by atoms with E-state index in [1.54, 1.807) is 0 Å². The Labute approximate surface area is 112 Å². The van der Waals surface area contributed by atoms with Crippen LogP contribution >= 0.6 is 0 Å². The maximum absolute atomic E-state index is 13.8. The molecule has 1 N–H and O–H groups in total. The van der Waals surface area contributed by atoms with Crippen molar-refractivity contribution in [1.82, 2.24) is 5.32 Å². The fourth-order valence-corrected chi connectivity index (χ4v) is 2.86. The van der Waals surface area contributed by atoms with Crippen molar-refractivity contribution >= 4 is 0 Å². The van der Waals surface area contributed by atoms with Crippen molar-refractivity contribution in [3.8, 4) is 0 Å². The molecule has 4 heteroatoms. The molecule has 1 aliphatic rings. The molecule has 19 heavy (non-hydrogen) atoms. The second kappa shape index (κ2) is 6.42. The lowest BCUT2D eigenvalue weighted by atomic mass is 9.81. The maximum atomic E-state index is 13.8. The smallest absolute Gasteiger partial charge is 0.194 e. The molecular weight excluding hydrogens is 251 g/mol. The summed E-state index contributed by atoms with van der Waals surface area (Å²) >= 11 is 0. The summed E-state index contributed by atoms with van der Waals surface area (Å²) in [6.45, 7) is 3.04. The van der Waals surface area contributed by atoms with Gasteiger partial charge in [-0.05, 0) is 49.8 Å². The minimum Gasteiger partial charge on any atom is -0.314 e. The quantitative estimate of drug-likeness (QED) is 0.812. The number of hydrogen-bond donors (Lipinski definition) is 1. The molecule has 1 aromatic rings. The van der Waals surface area contributed by atoms with Gasteiger partial charge >= 0.3 is 0 Å². The highest BCUT2D eigenvalue weighted by atomic mass is 19.2. The first kappa shape index (κ1) is 14.4. The Hall–Kier alpha value is -1.03. The molecule has 0 radical (unpaired) electrons. The summed E-state index contributed by atoms with van der Waals surface area (Å²) in [5.74, 6) is -3.49. The minimum absolute atomic E-state index is 0.0155. The summed E-state index contributed by atoms with van der Waals surface area (Å²) in [4.78, 5) is 0. The summed E-state index contributed by atoms with van der Waals surface area (Å²) in [7, 11) is 0. The Bertz CT molecular complexity index is 434. The molecule has 0 saturated heterocycles. The van der Waals surface area contributed by atoms with Crippen LogP contribution in [0.15, 0.2) is 12.1 Å². The van der Waals surface area contributed by atoms with E-state index in [0.717, 1.165) is 44.7 Å². The Morgan fingerprint density at radius 1 is 1.16 bits per heavy atom. The van der Waals surface area contributed by atoms with Gasteiger partial charge in [0, 0.05) is 6.04 Å². The molecule has 1 aromatic carbocycles. The normalized spacial score (nSPS) is 23.6. The van der Waals surface area contributed by atoms with Crippen molar-refractivity contribution < 1.29 is 13.2 Å². The van der Waals surface area contributed by atoms with Crippen molar-refractivity contribution in [2.45, 2.75) is 51.0 Å². The third-order valence-corrected chi connectivity index (χ3v) is 3.86. The van der Waals surface area contributed by atoms with Gasteiger partial charge in [-0.15, -0.1) is 0 Å². The lowest BCUT2D eigenvalue weighted by molar-refractivity contribution is 0.330. The topological polar surface area (TPSA) is 12.0 Å². The molecule has 1 saturated carbocycles. The average molecular weight is 271 g/mol. The van der Waals surface area contributed by atoms with Gasteiger partial charge in [-0.2, -0.15) is 0 Å². The molecule has 2 atom stereocenters. The van der Waals surface area contributed by atoms with E-state index in [9.17, 15) is 13.2 Å². The van der Waals surface area contributed by atoms with Crippen LogP contribution in [0.2, 0.25) is 0 Å². The zero-order valence-electron chi connectivity index (χ0n) is 11.2. The summed E-state index contributed by atoms with van der Waals surface area (Å²) < 4.78 is 40.0. The SMILES string of the molecule is CCCNC1CCCC(c2ccc(F)c(F)c2F)C1. The predicted octanol–water partition coefficient (Wildman–Crippen LogP) is 4.13. The first-order valence-electron chi connectivity index (χ1n) is 7.00. The monoisotopic (exact) mass is 271 g/mol. The van der Waals surface area contributed by atoms with Crippen LogP contribution in [0.3, 0.4) is 0 Å². The molecule has 0 spiro atoms. The Kier molecular flexibility index (Phi) is 4.86. The number of hydrogen-bond acceptors (Lipinski definition) is 1. The number of rotatable bonds is 4. The van der Waals surface area contributed by atoms with Crippen molar-refractivity contribution in [3.63, 3.8) is 0 Å². The van der Waals surface area contributed by atoms with Gasteiger partial charge in [0.25, 0.3) is 0 Å². The van der Waals surface area contributed by atoms with Crippen LogP contribution in [-0.4, -0.2) is 12.6 Å². The fraction of sp³-hybridized carbons (Fsp3) is 0.600. The third-order valence-electron chi connectivity index (χ3n) is 3.86. The lowest BCUT2D eigenvalue weighted by Gasteiger charge is -2.30. The van der Waals surface area contributed by atoms with Gasteiger partial charge in [0.1, 0.15) is 0 Å². The van der Waals surface area contributed by atoms with Gasteiger partial charge in [-0.3, -0.25) is 0 Å². The van der Waals surface area contributed by atoms with Crippen LogP contribution in [0.4, 0.5) is 13.2 Å². The summed E-state index contributed by atoms with van der Waals surface area (Å²) in [6, 6.07) is 2.77. The average Bonchev–Trinajstić information content (AvgIpc) is 2.43. The maximum Gasteiger partial charge on any atom is 0.194 e. The van der Waals surface area contributed by atoms with Crippen molar-refractivity contribution in [3.05, 3.63) is 35.1 Å². The van der Waals surface area contributed by atoms with E-state index >= 15 is 0 Å². The molecule has 0 amide bonds. The largest absolute Gasteiger partial charge is 0.314 e. The zero-order chi connectivity index (χ0) is 13.8. The van der Waals surface area contributed by atoms with Crippen LogP contribution in [0.5, 0.6) is 0 Å². The van der Waals surface area contributed by atoms with E-state index in [1.165, 1.54) is 6.07 Å². The third kappa shape index (κ3) is 3.30. The molecule has 0 heterocycles. The highest BCUT2D eigenvalue weighted by molar-refractivity contribution is 5.24. The highest BCUT2D eigenvalue weighted by Crippen LogP contribution is 2.35. The molecule has 1 nitrogen and oxygen atoms in total. The molecular formula is C15H20F3N. The molecule has 1 fully saturated rings. The summed E-state index contributed by atoms with van der Waals surface area (Å²) in [5.41, 5.74) is 0.321. The van der Waals surface area contributed by atoms with E-state index in [2.05, 4.69) is 12.2 Å². The molecule has 1 aliphatic carbocycles. The van der Waals surface area contributed by atoms with Crippen LogP contribution in [0.1, 0.15) is 50.5 Å². The zero-order valence-corrected chi connectivity index (χ0v) is 11.2. The van der Waals surface area contributed by atoms with Crippen LogP contribution in [0.25, 0.3) is 0 Å². The molecule has 2 rings (SSSR count). The Morgan fingerprint density at radius 3 is 2.68 bits per heavy atom. The Morgan fingerprint density at radius 2 is 1.95 bits per heavy atom. The molecule has 2 unspecified atom stereocenters. The van der Waals surface area contributed by atoms with Gasteiger partial charge in [0.15, 0.2) is 17.5 Å². The molecule has 106 valence electrons. The van der Waals surface area contributed by atoms with Crippen LogP contribution in [0, 0.1) is 17.5 Å². The highest BCUT2D eigenvalue weighted by Gasteiger charge is 2.26. The summed E-state index contributed by atoms with van der Waals surface area (Å²) in [5, 5.41) is 3.43. The van der Waals surface area contributed by atoms with E-state index in [0.29, 0.717) is 11.6 Å². The first-order chi connectivity index (χ1) is 9.13. The van der Waals surface area contributed by atoms with E-state index in [-0.39, 0.29) is 5.92 Å². The molecule has 0 aliphatic heterocycles. The predicted molar refractivity (Wildman–Crippen MR) is 69.6 cm³/mol. The number of halogens is 3.